The lowest BCUT2D eigenvalue weighted by atomic mass is 10.1. The summed E-state index contributed by atoms with van der Waals surface area (Å²) in [5.41, 5.74) is 12.8. The number of nitrogen functional groups attached to an aromatic ring is 1. The van der Waals surface area contributed by atoms with Crippen LogP contribution in [0.3, 0.4) is 0 Å². The van der Waals surface area contributed by atoms with Gasteiger partial charge in [0, 0.05) is 11.8 Å². The van der Waals surface area contributed by atoms with E-state index in [2.05, 4.69) is 0 Å². The number of ketones is 1. The molecule has 7 nitrogen and oxygen atoms in total. The van der Waals surface area contributed by atoms with Crippen LogP contribution < -0.4 is 21.1 Å². The molecule has 2 amide bonds. The minimum atomic E-state index is -0.856. The molecule has 0 heterocycles. The van der Waals surface area contributed by atoms with Gasteiger partial charge in [0.2, 0.25) is 5.78 Å². The van der Waals surface area contributed by atoms with Crippen molar-refractivity contribution in [1.29, 1.82) is 5.41 Å². The number of allylic oxidation sites excluding steroid dienone is 3. The molecule has 0 atom stereocenters. The number of nitrogens with one attached hydrogen (secondary N) is 1. The van der Waals surface area contributed by atoms with Crippen LogP contribution in [0.2, 0.25) is 0 Å². The van der Waals surface area contributed by atoms with Crippen LogP contribution in [-0.2, 0) is 4.79 Å². The molecule has 0 saturated carbocycles. The number of rotatable bonds is 3. The third kappa shape index (κ3) is 2.69. The molecule has 114 valence electrons. The molecule has 22 heavy (non-hydrogen) atoms. The number of urea groups is 1. The van der Waals surface area contributed by atoms with Crippen LogP contribution in [0, 0.1) is 12.3 Å². The van der Waals surface area contributed by atoms with Crippen LogP contribution in [0.25, 0.3) is 0 Å². The summed E-state index contributed by atoms with van der Waals surface area (Å²) in [6.07, 6.45) is 3.83. The molecule has 1 aromatic carbocycles. The Hall–Kier alpha value is -3.09. The summed E-state index contributed by atoms with van der Waals surface area (Å²) in [4.78, 5) is 25.0. The molecule has 0 fully saturated rings. The van der Waals surface area contributed by atoms with Gasteiger partial charge in [0.05, 0.1) is 18.5 Å². The molecule has 7 heteroatoms. The van der Waals surface area contributed by atoms with Crippen LogP contribution in [0.4, 0.5) is 16.2 Å². The number of anilines is 2. The van der Waals surface area contributed by atoms with Gasteiger partial charge in [0.25, 0.3) is 0 Å². The Kier molecular flexibility index (Phi) is 3.98. The van der Waals surface area contributed by atoms with Gasteiger partial charge in [-0.1, -0.05) is 0 Å². The van der Waals surface area contributed by atoms with E-state index in [-0.39, 0.29) is 11.4 Å². The summed E-state index contributed by atoms with van der Waals surface area (Å²) < 4.78 is 5.23. The fraction of sp³-hybridized carbons (Fsp3) is 0.133. The monoisotopic (exact) mass is 300 g/mol. The average Bonchev–Trinajstić information content (AvgIpc) is 2.46. The third-order valence-corrected chi connectivity index (χ3v) is 3.23. The number of nitrogens with two attached hydrogens (primary N) is 2. The molecule has 0 bridgehead atoms. The molecule has 0 unspecified atom stereocenters. The largest absolute Gasteiger partial charge is 0.494 e. The van der Waals surface area contributed by atoms with Crippen molar-refractivity contribution in [1.82, 2.24) is 0 Å². The summed E-state index contributed by atoms with van der Waals surface area (Å²) in [5.74, 6) is -0.122. The molecule has 0 spiro atoms. The maximum absolute atomic E-state index is 12.0. The first-order chi connectivity index (χ1) is 10.3. The highest BCUT2D eigenvalue weighted by Gasteiger charge is 2.27. The van der Waals surface area contributed by atoms with E-state index in [0.29, 0.717) is 22.7 Å². The number of nitrogens with zero attached hydrogens (tertiary/aromatic N) is 1. The van der Waals surface area contributed by atoms with Crippen LogP contribution in [0.15, 0.2) is 36.1 Å². The Morgan fingerprint density at radius 3 is 2.59 bits per heavy atom. The fourth-order valence-corrected chi connectivity index (χ4v) is 2.09. The smallest absolute Gasteiger partial charge is 0.324 e. The normalized spacial score (nSPS) is 13.8. The van der Waals surface area contributed by atoms with Crippen LogP contribution in [0.1, 0.15) is 5.56 Å². The Labute approximate surface area is 127 Å². The van der Waals surface area contributed by atoms with E-state index >= 15 is 0 Å². The first-order valence-corrected chi connectivity index (χ1v) is 6.41. The van der Waals surface area contributed by atoms with Gasteiger partial charge in [0.1, 0.15) is 11.4 Å². The van der Waals surface area contributed by atoms with E-state index in [0.717, 1.165) is 4.90 Å². The molecule has 2 rings (SSSR count). The van der Waals surface area contributed by atoms with E-state index in [9.17, 15) is 9.59 Å². The molecule has 0 radical (unpaired) electrons. The zero-order chi connectivity index (χ0) is 16.4. The number of aryl methyl sites for hydroxylation is 1. The number of ether oxygens (including phenoxy) is 1. The Morgan fingerprint density at radius 2 is 2.00 bits per heavy atom. The standard InChI is InChI=1S/C15H16N4O3/c1-8-5-12(14(22-2)7-10(8)17)19(15(18)21)11-6-9(16)3-4-13(11)20/h3-7,16H,17H2,1-2H3,(H2,18,21). The number of hydrogen-bond acceptors (Lipinski definition) is 5. The van der Waals surface area contributed by atoms with Gasteiger partial charge in [-0.3, -0.25) is 9.69 Å². The van der Waals surface area contributed by atoms with Crippen molar-refractivity contribution in [2.45, 2.75) is 6.92 Å². The maximum Gasteiger partial charge on any atom is 0.324 e. The van der Waals surface area contributed by atoms with Gasteiger partial charge >= 0.3 is 6.03 Å². The molecule has 1 aliphatic carbocycles. The second kappa shape index (κ2) is 5.72. The number of primary amides is 1. The first kappa shape index (κ1) is 15.3. The summed E-state index contributed by atoms with van der Waals surface area (Å²) >= 11 is 0. The summed E-state index contributed by atoms with van der Waals surface area (Å²) in [7, 11) is 1.42. The molecular formula is C15H16N4O3. The van der Waals surface area contributed by atoms with Gasteiger partial charge in [-0.2, -0.15) is 0 Å². The summed E-state index contributed by atoms with van der Waals surface area (Å²) in [5, 5.41) is 7.64. The lowest BCUT2D eigenvalue weighted by Gasteiger charge is -2.25. The van der Waals surface area contributed by atoms with E-state index in [4.69, 9.17) is 21.6 Å². The van der Waals surface area contributed by atoms with Crippen molar-refractivity contribution in [3.8, 4) is 5.75 Å². The van der Waals surface area contributed by atoms with Crippen molar-refractivity contribution in [2.75, 3.05) is 17.7 Å². The predicted molar refractivity (Wildman–Crippen MR) is 84.2 cm³/mol. The number of carbonyl (C=O) groups is 2. The van der Waals surface area contributed by atoms with Crippen molar-refractivity contribution >= 4 is 28.9 Å². The number of carbonyl (C=O) groups excluding carboxylic acids is 2. The molecule has 0 aliphatic heterocycles. The third-order valence-electron chi connectivity index (χ3n) is 3.23. The quantitative estimate of drug-likeness (QED) is 0.578. The Balaban J connectivity index is 2.64. The minimum absolute atomic E-state index is 0.0116. The number of hydrogen-bond donors (Lipinski definition) is 3. The SMILES string of the molecule is COc1cc(N)c(C)cc1N(C(N)=O)C1=CC(=N)C=CC1=O. The molecule has 0 aromatic heterocycles. The first-order valence-electron chi connectivity index (χ1n) is 6.41. The molecular weight excluding hydrogens is 284 g/mol. The predicted octanol–water partition coefficient (Wildman–Crippen LogP) is 1.51. The Morgan fingerprint density at radius 1 is 1.32 bits per heavy atom. The van der Waals surface area contributed by atoms with Crippen molar-refractivity contribution in [3.63, 3.8) is 0 Å². The number of methoxy groups -OCH3 is 1. The second-order valence-corrected chi connectivity index (χ2v) is 4.74. The fourth-order valence-electron chi connectivity index (χ4n) is 2.09. The van der Waals surface area contributed by atoms with E-state index in [1.54, 1.807) is 19.1 Å². The second-order valence-electron chi connectivity index (χ2n) is 4.74. The topological polar surface area (TPSA) is 122 Å². The summed E-state index contributed by atoms with van der Waals surface area (Å²) in [6, 6.07) is 2.30. The van der Waals surface area contributed by atoms with Gasteiger partial charge < -0.3 is 21.6 Å². The molecule has 5 N–H and O–H groups in total. The number of benzene rings is 1. The van der Waals surface area contributed by atoms with Crippen molar-refractivity contribution in [2.24, 2.45) is 5.73 Å². The number of amides is 2. The van der Waals surface area contributed by atoms with E-state index in [1.165, 1.54) is 25.3 Å². The summed E-state index contributed by atoms with van der Waals surface area (Å²) in [6.45, 7) is 1.76. The van der Waals surface area contributed by atoms with E-state index in [1.807, 2.05) is 0 Å². The molecule has 1 aromatic rings. The van der Waals surface area contributed by atoms with Crippen LogP contribution in [0.5, 0.6) is 5.75 Å². The van der Waals surface area contributed by atoms with Crippen LogP contribution in [-0.4, -0.2) is 24.6 Å². The minimum Gasteiger partial charge on any atom is -0.494 e. The van der Waals surface area contributed by atoms with Gasteiger partial charge in [-0.05, 0) is 36.8 Å². The average molecular weight is 300 g/mol. The molecule has 1 aliphatic rings. The Bertz CT molecular complexity index is 735. The highest BCUT2D eigenvalue weighted by atomic mass is 16.5. The van der Waals surface area contributed by atoms with Crippen molar-refractivity contribution < 1.29 is 14.3 Å². The van der Waals surface area contributed by atoms with E-state index < -0.39 is 11.8 Å². The zero-order valence-electron chi connectivity index (χ0n) is 12.2. The zero-order valence-corrected chi connectivity index (χ0v) is 12.2. The highest BCUT2D eigenvalue weighted by molar-refractivity contribution is 6.22. The highest BCUT2D eigenvalue weighted by Crippen LogP contribution is 2.35. The van der Waals surface area contributed by atoms with Crippen molar-refractivity contribution in [3.05, 3.63) is 41.6 Å². The lowest BCUT2D eigenvalue weighted by Crippen LogP contribution is -2.38. The van der Waals surface area contributed by atoms with Gasteiger partial charge in [0.15, 0.2) is 0 Å². The lowest BCUT2D eigenvalue weighted by molar-refractivity contribution is -0.111. The van der Waals surface area contributed by atoms with Crippen LogP contribution >= 0.6 is 0 Å². The maximum atomic E-state index is 12.0. The van der Waals surface area contributed by atoms with Gasteiger partial charge in [-0.25, -0.2) is 4.79 Å². The molecule has 0 saturated heterocycles. The van der Waals surface area contributed by atoms with Gasteiger partial charge in [-0.15, -0.1) is 0 Å².